The first kappa shape index (κ1) is 16.6. The van der Waals surface area contributed by atoms with Crippen LogP contribution in [0.25, 0.3) is 0 Å². The van der Waals surface area contributed by atoms with Crippen molar-refractivity contribution in [2.45, 2.75) is 40.2 Å². The van der Waals surface area contributed by atoms with Gasteiger partial charge in [-0.2, -0.15) is 0 Å². The molecule has 0 radical (unpaired) electrons. The topological polar surface area (TPSA) is 21.3 Å². The van der Waals surface area contributed by atoms with Gasteiger partial charge < -0.3 is 10.1 Å². The van der Waals surface area contributed by atoms with Gasteiger partial charge in [0.05, 0.1) is 11.6 Å². The molecule has 1 rings (SSSR count). The lowest BCUT2D eigenvalue weighted by atomic mass is 9.93. The molecule has 2 nitrogen and oxygen atoms in total. The van der Waals surface area contributed by atoms with Crippen LogP contribution < -0.4 is 10.1 Å². The third-order valence-electron chi connectivity index (χ3n) is 2.61. The Morgan fingerprint density at radius 3 is 2.26 bits per heavy atom. The van der Waals surface area contributed by atoms with Crippen molar-refractivity contribution < 1.29 is 4.74 Å². The van der Waals surface area contributed by atoms with Crippen LogP contribution in [0.5, 0.6) is 5.75 Å². The minimum Gasteiger partial charge on any atom is -0.491 e. The van der Waals surface area contributed by atoms with Crippen LogP contribution in [0, 0.1) is 5.41 Å². The van der Waals surface area contributed by atoms with E-state index < -0.39 is 0 Å². The van der Waals surface area contributed by atoms with Crippen molar-refractivity contribution in [2.24, 2.45) is 5.41 Å². The van der Waals surface area contributed by atoms with E-state index in [0.29, 0.717) is 22.4 Å². The molecule has 0 heterocycles. The molecule has 0 saturated carbocycles. The third kappa shape index (κ3) is 6.51. The molecule has 0 aliphatic rings. The summed E-state index contributed by atoms with van der Waals surface area (Å²) in [6.07, 6.45) is 0. The van der Waals surface area contributed by atoms with Crippen molar-refractivity contribution in [2.75, 3.05) is 13.2 Å². The molecule has 108 valence electrons. The molecule has 0 bridgehead atoms. The monoisotopic (exact) mass is 303 g/mol. The molecule has 1 aromatic carbocycles. The Balaban J connectivity index is 2.55. The number of nitrogens with one attached hydrogen (secondary N) is 1. The molecule has 0 atom stereocenters. The van der Waals surface area contributed by atoms with Crippen LogP contribution in [-0.4, -0.2) is 18.7 Å². The fraction of sp³-hybridized carbons (Fsp3) is 0.600. The average molecular weight is 304 g/mol. The van der Waals surface area contributed by atoms with Crippen LogP contribution in [0.1, 0.15) is 34.6 Å². The Labute approximate surface area is 126 Å². The highest BCUT2D eigenvalue weighted by atomic mass is 35.5. The lowest BCUT2D eigenvalue weighted by Crippen LogP contribution is -2.43. The number of ether oxygens (including phenoxy) is 1. The van der Waals surface area contributed by atoms with E-state index in [2.05, 4.69) is 39.9 Å². The van der Waals surface area contributed by atoms with Crippen LogP contribution in [0.2, 0.25) is 10.0 Å². The molecule has 1 N–H and O–H groups in total. The van der Waals surface area contributed by atoms with Gasteiger partial charge in [0.1, 0.15) is 5.75 Å². The van der Waals surface area contributed by atoms with E-state index in [1.165, 1.54) is 0 Å². The first-order valence-electron chi connectivity index (χ1n) is 6.42. The van der Waals surface area contributed by atoms with Crippen molar-refractivity contribution in [3.63, 3.8) is 0 Å². The predicted molar refractivity (Wildman–Crippen MR) is 83.5 cm³/mol. The molecule has 0 fully saturated rings. The average Bonchev–Trinajstić information content (AvgIpc) is 2.25. The first-order valence-corrected chi connectivity index (χ1v) is 7.18. The summed E-state index contributed by atoms with van der Waals surface area (Å²) in [6.45, 7) is 12.3. The van der Waals surface area contributed by atoms with Gasteiger partial charge in [-0.05, 0) is 39.0 Å². The highest BCUT2D eigenvalue weighted by Crippen LogP contribution is 2.29. The van der Waals surface area contributed by atoms with E-state index in [1.807, 2.05) is 0 Å². The van der Waals surface area contributed by atoms with Crippen molar-refractivity contribution in [1.29, 1.82) is 0 Å². The number of benzene rings is 1. The van der Waals surface area contributed by atoms with Crippen LogP contribution in [-0.2, 0) is 0 Å². The largest absolute Gasteiger partial charge is 0.491 e. The van der Waals surface area contributed by atoms with E-state index >= 15 is 0 Å². The quantitative estimate of drug-likeness (QED) is 0.844. The van der Waals surface area contributed by atoms with Gasteiger partial charge in [-0.25, -0.2) is 0 Å². The van der Waals surface area contributed by atoms with Gasteiger partial charge in [-0.1, -0.05) is 37.0 Å². The fourth-order valence-electron chi connectivity index (χ4n) is 1.42. The Hall–Kier alpha value is -0.440. The third-order valence-corrected chi connectivity index (χ3v) is 3.14. The molecule has 0 aliphatic carbocycles. The molecule has 0 aliphatic heterocycles. The molecule has 0 unspecified atom stereocenters. The lowest BCUT2D eigenvalue weighted by molar-refractivity contribution is 0.166. The van der Waals surface area contributed by atoms with Crippen LogP contribution in [0.4, 0.5) is 0 Å². The molecule has 0 spiro atoms. The van der Waals surface area contributed by atoms with Crippen molar-refractivity contribution in [3.05, 3.63) is 28.2 Å². The summed E-state index contributed by atoms with van der Waals surface area (Å²) >= 11 is 11.9. The van der Waals surface area contributed by atoms with E-state index in [4.69, 9.17) is 27.9 Å². The Morgan fingerprint density at radius 2 is 1.74 bits per heavy atom. The summed E-state index contributed by atoms with van der Waals surface area (Å²) in [5.41, 5.74) is 0.130. The maximum absolute atomic E-state index is 6.08. The van der Waals surface area contributed by atoms with Gasteiger partial charge in [0, 0.05) is 22.5 Å². The number of halogens is 2. The minimum absolute atomic E-state index is 0.0241. The summed E-state index contributed by atoms with van der Waals surface area (Å²) in [5, 5.41) is 4.65. The Bertz CT molecular complexity index is 425. The van der Waals surface area contributed by atoms with Gasteiger partial charge in [0.2, 0.25) is 0 Å². The molecular weight excluding hydrogens is 281 g/mol. The second-order valence-corrected chi connectivity index (χ2v) is 7.47. The SMILES string of the molecule is CC(C)(CNC(C)(C)C)COc1ccc(Cl)cc1Cl. The smallest absolute Gasteiger partial charge is 0.138 e. The van der Waals surface area contributed by atoms with E-state index in [9.17, 15) is 0 Å². The van der Waals surface area contributed by atoms with Gasteiger partial charge in [0.15, 0.2) is 0 Å². The summed E-state index contributed by atoms with van der Waals surface area (Å²) in [5.74, 6) is 0.676. The van der Waals surface area contributed by atoms with Crippen LogP contribution >= 0.6 is 23.2 Å². The molecule has 0 aromatic heterocycles. The van der Waals surface area contributed by atoms with E-state index in [0.717, 1.165) is 6.54 Å². The fourth-order valence-corrected chi connectivity index (χ4v) is 1.88. The van der Waals surface area contributed by atoms with Gasteiger partial charge in [0.25, 0.3) is 0 Å². The summed E-state index contributed by atoms with van der Waals surface area (Å²) in [6, 6.07) is 5.28. The second kappa shape index (κ2) is 6.34. The maximum atomic E-state index is 6.08. The summed E-state index contributed by atoms with van der Waals surface area (Å²) in [4.78, 5) is 0. The van der Waals surface area contributed by atoms with Crippen molar-refractivity contribution >= 4 is 23.2 Å². The number of hydrogen-bond donors (Lipinski definition) is 1. The molecule has 4 heteroatoms. The van der Waals surface area contributed by atoms with E-state index in [1.54, 1.807) is 18.2 Å². The summed E-state index contributed by atoms with van der Waals surface area (Å²) in [7, 11) is 0. The zero-order valence-corrected chi connectivity index (χ0v) is 13.8. The number of hydrogen-bond acceptors (Lipinski definition) is 2. The molecule has 0 amide bonds. The normalized spacial score (nSPS) is 12.6. The van der Waals surface area contributed by atoms with Crippen LogP contribution in [0.15, 0.2) is 18.2 Å². The van der Waals surface area contributed by atoms with Crippen molar-refractivity contribution in [3.8, 4) is 5.75 Å². The molecule has 1 aromatic rings. The molecule has 0 saturated heterocycles. The lowest BCUT2D eigenvalue weighted by Gasteiger charge is -2.30. The second-order valence-electron chi connectivity index (χ2n) is 6.63. The number of rotatable bonds is 5. The van der Waals surface area contributed by atoms with Crippen LogP contribution in [0.3, 0.4) is 0 Å². The first-order chi connectivity index (χ1) is 8.59. The molecule has 19 heavy (non-hydrogen) atoms. The minimum atomic E-state index is 0.0241. The molecular formula is C15H23Cl2NO. The van der Waals surface area contributed by atoms with E-state index in [-0.39, 0.29) is 11.0 Å². The zero-order chi connectivity index (χ0) is 14.7. The maximum Gasteiger partial charge on any atom is 0.138 e. The van der Waals surface area contributed by atoms with Gasteiger partial charge in [-0.3, -0.25) is 0 Å². The van der Waals surface area contributed by atoms with Crippen molar-refractivity contribution in [1.82, 2.24) is 5.32 Å². The van der Waals surface area contributed by atoms with Gasteiger partial charge >= 0.3 is 0 Å². The highest BCUT2D eigenvalue weighted by Gasteiger charge is 2.22. The Kier molecular flexibility index (Phi) is 5.54. The standard InChI is InChI=1S/C15H23Cl2NO/c1-14(2,3)18-9-15(4,5)10-19-13-7-6-11(16)8-12(13)17/h6-8,18H,9-10H2,1-5H3. The van der Waals surface area contributed by atoms with Gasteiger partial charge in [-0.15, -0.1) is 0 Å². The Morgan fingerprint density at radius 1 is 1.11 bits per heavy atom. The predicted octanol–water partition coefficient (Wildman–Crippen LogP) is 4.79. The highest BCUT2D eigenvalue weighted by molar-refractivity contribution is 6.35. The summed E-state index contributed by atoms with van der Waals surface area (Å²) < 4.78 is 5.79. The zero-order valence-electron chi connectivity index (χ0n) is 12.3.